The van der Waals surface area contributed by atoms with Gasteiger partial charge in [0, 0.05) is 18.2 Å². The van der Waals surface area contributed by atoms with Crippen molar-refractivity contribution in [1.82, 2.24) is 10.1 Å². The first-order valence-electron chi connectivity index (χ1n) is 5.74. The van der Waals surface area contributed by atoms with Gasteiger partial charge in [-0.1, -0.05) is 5.16 Å². The van der Waals surface area contributed by atoms with Crippen molar-refractivity contribution in [1.29, 1.82) is 0 Å². The zero-order chi connectivity index (χ0) is 13.5. The normalized spacial score (nSPS) is 22.9. The third-order valence-corrected chi connectivity index (χ3v) is 3.02. The average Bonchev–Trinajstić information content (AvgIpc) is 2.96. The van der Waals surface area contributed by atoms with Crippen LogP contribution in [-0.2, 0) is 10.3 Å². The summed E-state index contributed by atoms with van der Waals surface area (Å²) in [4.78, 5) is 4.10. The minimum absolute atomic E-state index is 0.102. The molecule has 1 aliphatic heterocycles. The van der Waals surface area contributed by atoms with Gasteiger partial charge >= 0.3 is 0 Å². The summed E-state index contributed by atoms with van der Waals surface area (Å²) in [6.07, 6.45) is 0.562. The van der Waals surface area contributed by atoms with Crippen LogP contribution in [0.3, 0.4) is 0 Å². The lowest BCUT2D eigenvalue weighted by Gasteiger charge is -2.14. The van der Waals surface area contributed by atoms with Crippen LogP contribution in [0, 0.1) is 11.6 Å². The van der Waals surface area contributed by atoms with E-state index in [1.807, 2.05) is 0 Å². The molecule has 0 bridgehead atoms. The molecule has 0 amide bonds. The summed E-state index contributed by atoms with van der Waals surface area (Å²) in [5.74, 6) is -1.09. The van der Waals surface area contributed by atoms with Crippen LogP contribution in [0.5, 0.6) is 0 Å². The molecule has 2 N–H and O–H groups in total. The van der Waals surface area contributed by atoms with Crippen LogP contribution in [0.15, 0.2) is 22.7 Å². The predicted molar refractivity (Wildman–Crippen MR) is 61.0 cm³/mol. The van der Waals surface area contributed by atoms with Gasteiger partial charge in [-0.15, -0.1) is 0 Å². The summed E-state index contributed by atoms with van der Waals surface area (Å²) in [6.45, 7) is 0.801. The molecule has 1 aromatic carbocycles. The van der Waals surface area contributed by atoms with Gasteiger partial charge < -0.3 is 15.0 Å². The van der Waals surface area contributed by atoms with Gasteiger partial charge in [0.1, 0.15) is 17.2 Å². The molecule has 1 fully saturated rings. The quantitative estimate of drug-likeness (QED) is 0.894. The number of hydrogen-bond acceptors (Lipinski definition) is 5. The lowest BCUT2D eigenvalue weighted by molar-refractivity contribution is 0.166. The van der Waals surface area contributed by atoms with E-state index in [9.17, 15) is 8.78 Å². The highest BCUT2D eigenvalue weighted by molar-refractivity contribution is 5.54. The summed E-state index contributed by atoms with van der Waals surface area (Å²) >= 11 is 0. The second-order valence-corrected chi connectivity index (χ2v) is 4.54. The summed E-state index contributed by atoms with van der Waals surface area (Å²) in [7, 11) is 0. The molecule has 0 spiro atoms. The molecule has 2 heterocycles. The standard InChI is InChI=1S/C12H11F2N3O2/c13-8-3-7(4-9(14)5-8)10-16-11(19-17-10)12(15)1-2-18-6-12/h3-5H,1-2,6,15H2. The monoisotopic (exact) mass is 267 g/mol. The van der Waals surface area contributed by atoms with Gasteiger partial charge in [0.25, 0.3) is 0 Å². The van der Waals surface area contributed by atoms with Crippen LogP contribution in [-0.4, -0.2) is 23.4 Å². The third kappa shape index (κ3) is 2.22. The van der Waals surface area contributed by atoms with Gasteiger partial charge in [-0.3, -0.25) is 0 Å². The highest BCUT2D eigenvalue weighted by Crippen LogP contribution is 2.28. The van der Waals surface area contributed by atoms with Crippen LogP contribution < -0.4 is 5.73 Å². The fourth-order valence-electron chi connectivity index (χ4n) is 1.98. The maximum Gasteiger partial charge on any atom is 0.249 e. The molecule has 1 aliphatic rings. The molecule has 1 saturated heterocycles. The fraction of sp³-hybridized carbons (Fsp3) is 0.333. The van der Waals surface area contributed by atoms with E-state index in [2.05, 4.69) is 10.1 Å². The smallest absolute Gasteiger partial charge is 0.249 e. The molecule has 1 unspecified atom stereocenters. The molecule has 0 radical (unpaired) electrons. The molecule has 0 aliphatic carbocycles. The maximum atomic E-state index is 13.1. The molecule has 1 atom stereocenters. The molecule has 1 aromatic heterocycles. The first kappa shape index (κ1) is 12.2. The van der Waals surface area contributed by atoms with E-state index in [1.165, 1.54) is 0 Å². The highest BCUT2D eigenvalue weighted by Gasteiger charge is 2.38. The lowest BCUT2D eigenvalue weighted by Crippen LogP contribution is -2.37. The van der Waals surface area contributed by atoms with E-state index in [0.29, 0.717) is 13.0 Å². The summed E-state index contributed by atoms with van der Waals surface area (Å²) in [6, 6.07) is 3.04. The highest BCUT2D eigenvalue weighted by atomic mass is 19.1. The van der Waals surface area contributed by atoms with Crippen molar-refractivity contribution >= 4 is 0 Å². The molecule has 19 heavy (non-hydrogen) atoms. The van der Waals surface area contributed by atoms with Gasteiger partial charge in [0.15, 0.2) is 0 Å². The topological polar surface area (TPSA) is 74.2 Å². The Morgan fingerprint density at radius 3 is 2.58 bits per heavy atom. The second-order valence-electron chi connectivity index (χ2n) is 4.54. The number of benzene rings is 1. The van der Waals surface area contributed by atoms with Gasteiger partial charge in [-0.2, -0.15) is 4.98 Å². The van der Waals surface area contributed by atoms with Crippen LogP contribution in [0.25, 0.3) is 11.4 Å². The largest absolute Gasteiger partial charge is 0.379 e. The summed E-state index contributed by atoms with van der Waals surface area (Å²) in [5.41, 5.74) is 5.44. The van der Waals surface area contributed by atoms with Crippen LogP contribution in [0.2, 0.25) is 0 Å². The van der Waals surface area contributed by atoms with Gasteiger partial charge in [0.05, 0.1) is 6.61 Å². The Morgan fingerprint density at radius 2 is 1.95 bits per heavy atom. The van der Waals surface area contributed by atoms with Gasteiger partial charge in [-0.25, -0.2) is 8.78 Å². The molecule has 3 rings (SSSR count). The number of nitrogens with zero attached hydrogens (tertiary/aromatic N) is 2. The predicted octanol–water partition coefficient (Wildman–Crippen LogP) is 1.59. The number of halogens is 2. The van der Waals surface area contributed by atoms with Crippen molar-refractivity contribution in [3.8, 4) is 11.4 Å². The first-order valence-corrected chi connectivity index (χ1v) is 5.74. The van der Waals surface area contributed by atoms with E-state index in [4.69, 9.17) is 15.0 Å². The Kier molecular flexibility index (Phi) is 2.79. The van der Waals surface area contributed by atoms with E-state index >= 15 is 0 Å². The first-order chi connectivity index (χ1) is 9.07. The maximum absolute atomic E-state index is 13.1. The molecular weight excluding hydrogens is 256 g/mol. The zero-order valence-corrected chi connectivity index (χ0v) is 9.90. The van der Waals surface area contributed by atoms with E-state index in [1.54, 1.807) is 0 Å². The summed E-state index contributed by atoms with van der Waals surface area (Å²) in [5, 5.41) is 3.70. The third-order valence-electron chi connectivity index (χ3n) is 3.02. The SMILES string of the molecule is NC1(c2nc(-c3cc(F)cc(F)c3)no2)CCOC1. The van der Waals surface area contributed by atoms with Crippen molar-refractivity contribution in [3.05, 3.63) is 35.7 Å². The number of aromatic nitrogens is 2. The molecule has 100 valence electrons. The zero-order valence-electron chi connectivity index (χ0n) is 9.90. The molecule has 0 saturated carbocycles. The van der Waals surface area contributed by atoms with Crippen molar-refractivity contribution in [2.75, 3.05) is 13.2 Å². The Bertz CT molecular complexity index is 589. The van der Waals surface area contributed by atoms with Crippen molar-refractivity contribution in [2.45, 2.75) is 12.0 Å². The van der Waals surface area contributed by atoms with E-state index in [0.717, 1.165) is 18.2 Å². The number of ether oxygens (including phenoxy) is 1. The average molecular weight is 267 g/mol. The molecule has 7 heteroatoms. The van der Waals surface area contributed by atoms with E-state index < -0.39 is 17.2 Å². The minimum Gasteiger partial charge on any atom is -0.379 e. The van der Waals surface area contributed by atoms with Crippen molar-refractivity contribution in [2.24, 2.45) is 5.73 Å². The van der Waals surface area contributed by atoms with Crippen molar-refractivity contribution < 1.29 is 18.0 Å². The van der Waals surface area contributed by atoms with Gasteiger partial charge in [-0.05, 0) is 18.6 Å². The minimum atomic E-state index is -0.822. The Balaban J connectivity index is 1.96. The van der Waals surface area contributed by atoms with Crippen LogP contribution >= 0.6 is 0 Å². The molecule has 5 nitrogen and oxygen atoms in total. The van der Waals surface area contributed by atoms with Crippen molar-refractivity contribution in [3.63, 3.8) is 0 Å². The Morgan fingerprint density at radius 1 is 1.21 bits per heavy atom. The summed E-state index contributed by atoms with van der Waals surface area (Å²) < 4.78 is 36.5. The number of nitrogens with two attached hydrogens (primary N) is 1. The Labute approximate surface area is 107 Å². The van der Waals surface area contributed by atoms with Crippen LogP contribution in [0.4, 0.5) is 8.78 Å². The lowest BCUT2D eigenvalue weighted by atomic mass is 10.0. The fourth-order valence-corrected chi connectivity index (χ4v) is 1.98. The Hall–Kier alpha value is -1.86. The van der Waals surface area contributed by atoms with E-state index in [-0.39, 0.29) is 23.9 Å². The molecule has 2 aromatic rings. The second kappa shape index (κ2) is 4.36. The van der Waals surface area contributed by atoms with Crippen LogP contribution in [0.1, 0.15) is 12.3 Å². The number of hydrogen-bond donors (Lipinski definition) is 1. The molecular formula is C12H11F2N3O2. The van der Waals surface area contributed by atoms with Gasteiger partial charge in [0.2, 0.25) is 11.7 Å². The number of rotatable bonds is 2.